The van der Waals surface area contributed by atoms with Gasteiger partial charge in [-0.1, -0.05) is 267 Å². The van der Waals surface area contributed by atoms with Gasteiger partial charge in [0.1, 0.15) is 33.5 Å². The van der Waals surface area contributed by atoms with Gasteiger partial charge in [-0.05, 0) is 177 Å². The van der Waals surface area contributed by atoms with E-state index in [4.69, 9.17) is 43.2 Å². The molecule has 0 N–H and O–H groups in total. The van der Waals surface area contributed by atoms with Gasteiger partial charge in [0.15, 0.2) is 17.5 Å². The van der Waals surface area contributed by atoms with Crippen LogP contribution in [0.15, 0.2) is 427 Å². The molecule has 12 heteroatoms. The van der Waals surface area contributed by atoms with Crippen LogP contribution in [-0.2, 0) is 0 Å². The predicted octanol–water partition coefficient (Wildman–Crippen LogP) is 28.4. The first-order chi connectivity index (χ1) is 60.3. The number of nitrogens with zero attached hydrogens (tertiary/aromatic N) is 9. The van der Waals surface area contributed by atoms with Crippen molar-refractivity contribution in [2.45, 2.75) is 6.92 Å². The van der Waals surface area contributed by atoms with Crippen LogP contribution in [0.5, 0.6) is 0 Å². The molecule has 0 aliphatic carbocycles. The summed E-state index contributed by atoms with van der Waals surface area (Å²) in [6.07, 6.45) is 11.0. The molecule has 12 nitrogen and oxygen atoms in total. The fourth-order valence-electron chi connectivity index (χ4n) is 16.1. The molecule has 23 aromatic rings. The molecule has 23 rings (SSSR count). The number of aromatic nitrogens is 9. The van der Waals surface area contributed by atoms with Gasteiger partial charge in [-0.15, -0.1) is 0 Å². The van der Waals surface area contributed by atoms with E-state index in [-0.39, 0.29) is 0 Å². The number of hydrogen-bond acceptors (Lipinski definition) is 12. The van der Waals surface area contributed by atoms with E-state index in [1.807, 2.05) is 116 Å². The fourth-order valence-corrected chi connectivity index (χ4v) is 16.1. The lowest BCUT2D eigenvalue weighted by Crippen LogP contribution is -1.97. The first kappa shape index (κ1) is 73.1. The van der Waals surface area contributed by atoms with Crippen LogP contribution in [0.1, 0.15) is 5.56 Å². The normalized spacial score (nSPS) is 11.3. The van der Waals surface area contributed by atoms with E-state index in [1.54, 1.807) is 18.6 Å². The first-order valence-corrected chi connectivity index (χ1v) is 40.5. The Kier molecular flexibility index (Phi) is 19.3. The summed E-state index contributed by atoms with van der Waals surface area (Å²) < 4.78 is 18.2. The lowest BCUT2D eigenvalue weighted by Gasteiger charge is -2.12. The number of hydrogen-bond donors (Lipinski definition) is 0. The summed E-state index contributed by atoms with van der Waals surface area (Å²) in [7, 11) is 0. The molecule has 0 spiro atoms. The van der Waals surface area contributed by atoms with E-state index in [0.717, 1.165) is 189 Å². The second kappa shape index (κ2) is 32.1. The minimum atomic E-state index is 0.675. The summed E-state index contributed by atoms with van der Waals surface area (Å²) in [6, 6.07) is 129. The lowest BCUT2D eigenvalue weighted by atomic mass is 9.99. The Balaban J connectivity index is 0.000000113. The molecule has 0 aliphatic rings. The Morgan fingerprint density at radius 3 is 0.885 bits per heavy atom. The van der Waals surface area contributed by atoms with E-state index in [1.165, 1.54) is 22.1 Å². The van der Waals surface area contributed by atoms with Gasteiger partial charge in [0.2, 0.25) is 0 Å². The van der Waals surface area contributed by atoms with Crippen molar-refractivity contribution >= 4 is 76.6 Å². The van der Waals surface area contributed by atoms with Crippen LogP contribution < -0.4 is 0 Å². The number of para-hydroxylation sites is 3. The molecule has 9 heterocycles. The highest BCUT2D eigenvalue weighted by Crippen LogP contribution is 2.41. The van der Waals surface area contributed by atoms with Gasteiger partial charge in [-0.25, -0.2) is 29.9 Å². The van der Waals surface area contributed by atoms with Gasteiger partial charge >= 0.3 is 0 Å². The van der Waals surface area contributed by atoms with Crippen molar-refractivity contribution in [1.29, 1.82) is 0 Å². The average molecular weight is 1570 g/mol. The van der Waals surface area contributed by atoms with Crippen molar-refractivity contribution in [1.82, 2.24) is 44.9 Å². The molecule has 0 aliphatic heterocycles. The van der Waals surface area contributed by atoms with Crippen LogP contribution in [0.2, 0.25) is 0 Å². The van der Waals surface area contributed by atoms with Crippen LogP contribution in [0, 0.1) is 6.92 Å². The van der Waals surface area contributed by atoms with Gasteiger partial charge in [0, 0.05) is 120 Å². The predicted molar refractivity (Wildman–Crippen MR) is 494 cm³/mol. The summed E-state index contributed by atoms with van der Waals surface area (Å²) in [5.41, 5.74) is 29.7. The van der Waals surface area contributed by atoms with Crippen molar-refractivity contribution in [3.63, 3.8) is 0 Å². The number of benzene rings is 14. The molecule has 0 bridgehead atoms. The maximum Gasteiger partial charge on any atom is 0.160 e. The Morgan fingerprint density at radius 1 is 0.180 bits per heavy atom. The summed E-state index contributed by atoms with van der Waals surface area (Å²) in [6.45, 7) is 2.11. The molecule has 0 radical (unpaired) electrons. The average Bonchev–Trinajstić information content (AvgIpc) is 1.58. The second-order valence-corrected chi connectivity index (χ2v) is 30.1. The van der Waals surface area contributed by atoms with Crippen LogP contribution in [0.4, 0.5) is 0 Å². The molecule has 574 valence electrons. The minimum Gasteiger partial charge on any atom is -0.456 e. The van der Waals surface area contributed by atoms with Crippen LogP contribution in [0.3, 0.4) is 0 Å². The maximum atomic E-state index is 6.09. The Labute approximate surface area is 702 Å². The van der Waals surface area contributed by atoms with Crippen LogP contribution in [0.25, 0.3) is 223 Å². The second-order valence-electron chi connectivity index (χ2n) is 30.1. The third-order valence-corrected chi connectivity index (χ3v) is 22.4. The third-order valence-electron chi connectivity index (χ3n) is 22.4. The highest BCUT2D eigenvalue weighted by atomic mass is 16.3. The quantitative estimate of drug-likeness (QED) is 0.108. The van der Waals surface area contributed by atoms with Gasteiger partial charge in [-0.2, -0.15) is 0 Å². The number of aryl methyl sites for hydroxylation is 1. The molecule has 0 fully saturated rings. The summed E-state index contributed by atoms with van der Waals surface area (Å²) in [5.74, 6) is 2.05. The number of fused-ring (bicyclic) bond motifs is 10. The fraction of sp³-hybridized carbons (Fsp3) is 0.00909. The molecule has 0 unspecified atom stereocenters. The monoisotopic (exact) mass is 1570 g/mol. The lowest BCUT2D eigenvalue weighted by molar-refractivity contribution is 0.668. The zero-order valence-corrected chi connectivity index (χ0v) is 66.0. The minimum absolute atomic E-state index is 0.675. The standard InChI is InChI=1S/C39H25N3O.C37H23N3O.C34H23N3O/c1-2-7-26(8-3-1)27-12-16-29(17-13-27)35-24-36(31-20-21-38-34(23-31)33-10-4-5-11-37(33)43-38)42-39(41-35)30-18-14-28(15-19-30)32-9-6-22-40-25-32;1-2-10-29-25(7-1)8-5-12-30(29)34-22-33(27-18-19-36-32(21-27)31-11-3-4-13-35(31)41-36)39-37(40-34)26-16-14-24(15-17-26)28-9-6-20-38-23-28;1-22-7-2-3-9-27(22)31-20-30(25-16-17-33-29(19-25)28-10-4-5-11-32(28)38-33)36-34(37-31)24-14-12-23(13-15-24)26-8-6-18-35-21-26/h1-25H;1-23H;2-21H,1H3. The van der Waals surface area contributed by atoms with Gasteiger partial charge in [-0.3, -0.25) is 15.0 Å². The Morgan fingerprint density at radius 2 is 0.467 bits per heavy atom. The summed E-state index contributed by atoms with van der Waals surface area (Å²) in [5, 5.41) is 8.86. The molecule has 9 aromatic heterocycles. The zero-order valence-electron chi connectivity index (χ0n) is 66.0. The third kappa shape index (κ3) is 14.7. The summed E-state index contributed by atoms with van der Waals surface area (Å²) >= 11 is 0. The van der Waals surface area contributed by atoms with E-state index in [9.17, 15) is 0 Å². The van der Waals surface area contributed by atoms with Crippen molar-refractivity contribution < 1.29 is 13.3 Å². The largest absolute Gasteiger partial charge is 0.456 e. The van der Waals surface area contributed by atoms with E-state index in [2.05, 4.69) is 301 Å². The Hall–Kier alpha value is -16.6. The van der Waals surface area contributed by atoms with E-state index < -0.39 is 0 Å². The van der Waals surface area contributed by atoms with Crippen molar-refractivity contribution in [2.75, 3.05) is 0 Å². The van der Waals surface area contributed by atoms with Crippen LogP contribution >= 0.6 is 0 Å². The molecule has 0 atom stereocenters. The summed E-state index contributed by atoms with van der Waals surface area (Å²) in [4.78, 5) is 43.2. The van der Waals surface area contributed by atoms with Crippen LogP contribution in [-0.4, -0.2) is 44.9 Å². The highest BCUT2D eigenvalue weighted by Gasteiger charge is 2.20. The molecule has 0 saturated carbocycles. The topological polar surface area (TPSA) is 155 Å². The molecule has 0 saturated heterocycles. The van der Waals surface area contributed by atoms with Crippen molar-refractivity contribution in [3.8, 4) is 146 Å². The van der Waals surface area contributed by atoms with Gasteiger partial charge in [0.05, 0.1) is 34.2 Å². The van der Waals surface area contributed by atoms with Gasteiger partial charge in [0.25, 0.3) is 0 Å². The van der Waals surface area contributed by atoms with Crippen molar-refractivity contribution in [2.24, 2.45) is 0 Å². The number of pyridine rings is 3. The van der Waals surface area contributed by atoms with E-state index >= 15 is 0 Å². The SMILES string of the molecule is Cc1ccccc1-c1cc(-c2ccc3oc4ccccc4c3c2)nc(-c2ccc(-c3cccnc3)cc2)n1.c1ccc(-c2ccc(-c3cc(-c4ccc5oc6ccccc6c5c4)nc(-c4ccc(-c5cccnc5)cc4)n3)cc2)cc1.c1cncc(-c2ccc(-c3nc(-c4ccc5oc6ccccc6c5c4)cc(-c4cccc5ccccc45)n3)cc2)c1. The molecule has 0 amide bonds. The molecule has 122 heavy (non-hydrogen) atoms. The Bertz CT molecular complexity index is 7690. The van der Waals surface area contributed by atoms with Gasteiger partial charge < -0.3 is 13.3 Å². The smallest absolute Gasteiger partial charge is 0.160 e. The molecular formula is C110H71N9O3. The highest BCUT2D eigenvalue weighted by molar-refractivity contribution is 6.09. The number of rotatable bonds is 13. The number of furan rings is 3. The molecule has 14 aromatic carbocycles. The first-order valence-electron chi connectivity index (χ1n) is 40.5. The van der Waals surface area contributed by atoms with E-state index in [0.29, 0.717) is 17.5 Å². The zero-order chi connectivity index (χ0) is 81.2. The maximum absolute atomic E-state index is 6.09. The van der Waals surface area contributed by atoms with Crippen molar-refractivity contribution in [3.05, 3.63) is 419 Å². The molecular weight excluding hydrogens is 1500 g/mol.